The number of rotatable bonds is 9. The van der Waals surface area contributed by atoms with E-state index in [4.69, 9.17) is 20.8 Å². The largest absolute Gasteiger partial charge is 0.497 e. The number of carbonyl (C=O) groups is 3. The van der Waals surface area contributed by atoms with E-state index in [9.17, 15) is 22.8 Å². The summed E-state index contributed by atoms with van der Waals surface area (Å²) in [5.41, 5.74) is 0.446. The smallest absolute Gasteiger partial charge is 0.287 e. The van der Waals surface area contributed by atoms with Gasteiger partial charge in [-0.15, -0.1) is 0 Å². The predicted molar refractivity (Wildman–Crippen MR) is 150 cm³/mol. The third-order valence-corrected chi connectivity index (χ3v) is 8.70. The van der Waals surface area contributed by atoms with Crippen LogP contribution in [0.15, 0.2) is 57.8 Å². The molecule has 1 unspecified atom stereocenters. The molecule has 1 aliphatic heterocycles. The molecule has 1 aromatic heterocycles. The number of nitrogens with one attached hydrogen (secondary N) is 2. The molecule has 40 heavy (non-hydrogen) atoms. The maximum atomic E-state index is 14.1. The van der Waals surface area contributed by atoms with Crippen LogP contribution in [0.3, 0.4) is 0 Å². The number of fused-ring (bicyclic) bond motifs is 1. The minimum atomic E-state index is -4.49. The number of ether oxygens (including phenoxy) is 1. The number of hydrogen-bond acceptors (Lipinski definition) is 8. The molecule has 0 spiro atoms. The number of ketones is 1. The zero-order chi connectivity index (χ0) is 29.0. The van der Waals surface area contributed by atoms with Gasteiger partial charge in [0.2, 0.25) is 0 Å². The number of hydrogen-bond donors (Lipinski definition) is 2. The average Bonchev–Trinajstić information content (AvgIpc) is 3.24. The Balaban J connectivity index is 1.72. The summed E-state index contributed by atoms with van der Waals surface area (Å²) in [6, 6.07) is 9.48. The number of sulfonamides is 1. The third kappa shape index (κ3) is 6.48. The van der Waals surface area contributed by atoms with Gasteiger partial charge < -0.3 is 19.8 Å². The van der Waals surface area contributed by atoms with Gasteiger partial charge in [0.25, 0.3) is 21.8 Å². The number of furan rings is 1. The molecule has 2 heterocycles. The van der Waals surface area contributed by atoms with E-state index >= 15 is 0 Å². The minimum Gasteiger partial charge on any atom is -0.497 e. The van der Waals surface area contributed by atoms with Crippen molar-refractivity contribution in [3.63, 3.8) is 0 Å². The van der Waals surface area contributed by atoms with Gasteiger partial charge in [0.1, 0.15) is 23.4 Å². The summed E-state index contributed by atoms with van der Waals surface area (Å²) in [6.45, 7) is 4.12. The molecule has 2 aromatic carbocycles. The summed E-state index contributed by atoms with van der Waals surface area (Å²) >= 11 is 5.97. The number of benzene rings is 2. The molecule has 3 aromatic rings. The highest BCUT2D eigenvalue weighted by molar-refractivity contribution is 7.89. The van der Waals surface area contributed by atoms with E-state index in [-0.39, 0.29) is 36.0 Å². The zero-order valence-corrected chi connectivity index (χ0v) is 24.0. The van der Waals surface area contributed by atoms with Crippen molar-refractivity contribution < 1.29 is 32.0 Å². The Morgan fingerprint density at radius 1 is 1.18 bits per heavy atom. The van der Waals surface area contributed by atoms with E-state index < -0.39 is 39.7 Å². The molecule has 1 saturated heterocycles. The normalized spacial score (nSPS) is 16.9. The zero-order valence-electron chi connectivity index (χ0n) is 22.5. The molecule has 0 saturated carbocycles. The molecule has 2 amide bonds. The molecule has 0 radical (unpaired) electrons. The Morgan fingerprint density at radius 3 is 2.58 bits per heavy atom. The lowest BCUT2D eigenvalue weighted by Crippen LogP contribution is -2.56. The van der Waals surface area contributed by atoms with Crippen molar-refractivity contribution in [1.29, 1.82) is 0 Å². The summed E-state index contributed by atoms with van der Waals surface area (Å²) in [5, 5.41) is 6.58. The van der Waals surface area contributed by atoms with Gasteiger partial charge in [0, 0.05) is 10.4 Å². The second kappa shape index (κ2) is 12.4. The first-order chi connectivity index (χ1) is 19.0. The van der Waals surface area contributed by atoms with Crippen LogP contribution in [0.1, 0.15) is 43.7 Å². The molecule has 0 bridgehead atoms. The van der Waals surface area contributed by atoms with Crippen molar-refractivity contribution in [3.8, 4) is 5.75 Å². The van der Waals surface area contributed by atoms with Crippen molar-refractivity contribution in [3.05, 3.63) is 59.3 Å². The number of methoxy groups -OCH3 is 1. The minimum absolute atomic E-state index is 0.0494. The van der Waals surface area contributed by atoms with Crippen LogP contribution in [0.2, 0.25) is 5.02 Å². The monoisotopic (exact) mass is 589 g/mol. The summed E-state index contributed by atoms with van der Waals surface area (Å²) in [6.07, 6.45) is 0.766. The lowest BCUT2D eigenvalue weighted by molar-refractivity contribution is -0.135. The van der Waals surface area contributed by atoms with Gasteiger partial charge in [-0.25, -0.2) is 12.7 Å². The maximum Gasteiger partial charge on any atom is 0.287 e. The number of Topliss-reactive ketones (excluding diaryl/α,β-unsaturated/α-hetero) is 1. The first-order valence-corrected chi connectivity index (χ1v) is 14.8. The lowest BCUT2D eigenvalue weighted by Gasteiger charge is -2.33. The van der Waals surface area contributed by atoms with E-state index in [1.54, 1.807) is 18.2 Å². The van der Waals surface area contributed by atoms with Crippen LogP contribution < -0.4 is 15.4 Å². The SMILES string of the molecule is COc1ccc2oc(C(=O)NC(CC(C)C)C(=O)N([C@H]3CCCNCC3=O)S(=O)(=O)c3ccc(Cl)cc3)cc2c1. The van der Waals surface area contributed by atoms with Crippen LogP contribution in [0.5, 0.6) is 5.75 Å². The topological polar surface area (TPSA) is 135 Å². The van der Waals surface area contributed by atoms with Gasteiger partial charge in [0.15, 0.2) is 11.5 Å². The molecule has 2 N–H and O–H groups in total. The molecule has 214 valence electrons. The van der Waals surface area contributed by atoms with Crippen LogP contribution in [0, 0.1) is 5.92 Å². The first-order valence-electron chi connectivity index (χ1n) is 13.0. The van der Waals surface area contributed by atoms with Gasteiger partial charge in [-0.2, -0.15) is 0 Å². The van der Waals surface area contributed by atoms with Gasteiger partial charge in [-0.3, -0.25) is 14.4 Å². The van der Waals surface area contributed by atoms with Crippen molar-refractivity contribution in [2.24, 2.45) is 5.92 Å². The Morgan fingerprint density at radius 2 is 1.90 bits per heavy atom. The number of amides is 2. The molecular formula is C28H32ClN3O7S. The van der Waals surface area contributed by atoms with E-state index in [2.05, 4.69) is 10.6 Å². The maximum absolute atomic E-state index is 14.1. The lowest BCUT2D eigenvalue weighted by atomic mass is 10.0. The second-order valence-corrected chi connectivity index (χ2v) is 12.3. The van der Waals surface area contributed by atoms with E-state index in [1.807, 2.05) is 13.8 Å². The van der Waals surface area contributed by atoms with Crippen molar-refractivity contribution in [2.45, 2.75) is 50.1 Å². The summed E-state index contributed by atoms with van der Waals surface area (Å²) in [5.74, 6) is -1.57. The van der Waals surface area contributed by atoms with E-state index in [0.29, 0.717) is 39.0 Å². The number of halogens is 1. The molecule has 1 aliphatic rings. The Bertz CT molecular complexity index is 1500. The fraction of sp³-hybridized carbons (Fsp3) is 0.393. The second-order valence-electron chi connectivity index (χ2n) is 10.1. The van der Waals surface area contributed by atoms with Crippen LogP contribution >= 0.6 is 11.6 Å². The highest BCUT2D eigenvalue weighted by Crippen LogP contribution is 2.27. The average molecular weight is 590 g/mol. The Labute approximate surface area is 238 Å². The fourth-order valence-electron chi connectivity index (χ4n) is 4.65. The predicted octanol–water partition coefficient (Wildman–Crippen LogP) is 3.78. The van der Waals surface area contributed by atoms with Gasteiger partial charge in [-0.05, 0) is 80.3 Å². The molecule has 2 atom stereocenters. The fourth-order valence-corrected chi connectivity index (χ4v) is 6.41. The highest BCUT2D eigenvalue weighted by atomic mass is 35.5. The first kappa shape index (κ1) is 29.6. The molecule has 10 nitrogen and oxygen atoms in total. The van der Waals surface area contributed by atoms with Gasteiger partial charge in [0.05, 0.1) is 18.6 Å². The number of carbonyl (C=O) groups excluding carboxylic acids is 3. The van der Waals surface area contributed by atoms with Crippen LogP contribution in [-0.4, -0.2) is 62.6 Å². The van der Waals surface area contributed by atoms with Gasteiger partial charge >= 0.3 is 0 Å². The molecule has 0 aliphatic carbocycles. The molecule has 1 fully saturated rings. The van der Waals surface area contributed by atoms with Gasteiger partial charge in [-0.1, -0.05) is 25.4 Å². The Kier molecular flexibility index (Phi) is 9.17. The molecule has 12 heteroatoms. The quantitative estimate of drug-likeness (QED) is 0.385. The van der Waals surface area contributed by atoms with Crippen LogP contribution in [0.25, 0.3) is 11.0 Å². The third-order valence-electron chi connectivity index (χ3n) is 6.63. The van der Waals surface area contributed by atoms with Crippen LogP contribution in [-0.2, 0) is 19.6 Å². The van der Waals surface area contributed by atoms with Crippen LogP contribution in [0.4, 0.5) is 0 Å². The number of nitrogens with zero attached hydrogens (tertiary/aromatic N) is 1. The standard InChI is InChI=1S/C28H32ClN3O7S/c1-17(2)13-22(31-27(34)26-15-18-14-20(38-3)8-11-25(18)39-26)28(35)32(23-5-4-12-30-16-24(23)33)40(36,37)21-9-6-19(29)7-10-21/h6-11,14-15,17,22-23,30H,4-5,12-13,16H2,1-3H3,(H,31,34)/t22?,23-/m0/s1. The van der Waals surface area contributed by atoms with E-state index in [0.717, 1.165) is 0 Å². The van der Waals surface area contributed by atoms with Crippen molar-refractivity contribution in [2.75, 3.05) is 20.2 Å². The Hall–Kier alpha value is -3.41. The van der Waals surface area contributed by atoms with Crippen molar-refractivity contribution >= 4 is 50.2 Å². The van der Waals surface area contributed by atoms with Crippen molar-refractivity contribution in [1.82, 2.24) is 14.9 Å². The summed E-state index contributed by atoms with van der Waals surface area (Å²) in [7, 11) is -2.96. The summed E-state index contributed by atoms with van der Waals surface area (Å²) < 4.78 is 39.4. The van der Waals surface area contributed by atoms with E-state index in [1.165, 1.54) is 37.4 Å². The highest BCUT2D eigenvalue weighted by Gasteiger charge is 2.43. The molecule has 4 rings (SSSR count). The molecular weight excluding hydrogens is 558 g/mol. The summed E-state index contributed by atoms with van der Waals surface area (Å²) in [4.78, 5) is 40.3.